The second-order valence-electron chi connectivity index (χ2n) is 3.13. The molecule has 1 aromatic carbocycles. The highest BCUT2D eigenvalue weighted by molar-refractivity contribution is 5.41. The Bertz CT molecular complexity index is 550. The van der Waals surface area contributed by atoms with Gasteiger partial charge < -0.3 is 0 Å². The summed E-state index contributed by atoms with van der Waals surface area (Å²) in [4.78, 5) is 3.47. The van der Waals surface area contributed by atoms with Crippen LogP contribution >= 0.6 is 0 Å². The van der Waals surface area contributed by atoms with Crippen LogP contribution in [0.15, 0.2) is 42.6 Å². The van der Waals surface area contributed by atoms with E-state index in [1.807, 2.05) is 0 Å². The standard InChI is InChI=1S/C13H7F2N/c14-12-3-1-2-10(8-12)4-5-11-6-7-13(15)16-9-11/h1-3,6-9H. The first-order chi connectivity index (χ1) is 7.74. The third-order valence-corrected chi connectivity index (χ3v) is 1.90. The molecule has 0 aliphatic heterocycles. The Kier molecular flexibility index (Phi) is 2.93. The number of hydrogen-bond acceptors (Lipinski definition) is 1. The second kappa shape index (κ2) is 4.54. The highest BCUT2D eigenvalue weighted by Gasteiger charge is 1.92. The van der Waals surface area contributed by atoms with Crippen LogP contribution in [0.25, 0.3) is 0 Å². The molecular formula is C13H7F2N. The molecule has 0 saturated carbocycles. The minimum Gasteiger partial charge on any atom is -0.227 e. The van der Waals surface area contributed by atoms with Crippen molar-refractivity contribution in [2.75, 3.05) is 0 Å². The molecule has 0 N–H and O–H groups in total. The Morgan fingerprint density at radius 2 is 1.75 bits per heavy atom. The predicted molar refractivity (Wildman–Crippen MR) is 56.6 cm³/mol. The molecule has 16 heavy (non-hydrogen) atoms. The van der Waals surface area contributed by atoms with Crippen LogP contribution in [0, 0.1) is 23.6 Å². The van der Waals surface area contributed by atoms with Crippen molar-refractivity contribution in [3.63, 3.8) is 0 Å². The van der Waals surface area contributed by atoms with Gasteiger partial charge in [-0.25, -0.2) is 9.37 Å². The summed E-state index contributed by atoms with van der Waals surface area (Å²) in [5.41, 5.74) is 1.16. The summed E-state index contributed by atoms with van der Waals surface area (Å²) in [6.07, 6.45) is 1.33. The van der Waals surface area contributed by atoms with Crippen LogP contribution in [0.5, 0.6) is 0 Å². The summed E-state index contributed by atoms with van der Waals surface area (Å²) in [5.74, 6) is 4.66. The number of rotatable bonds is 0. The molecule has 2 rings (SSSR count). The average molecular weight is 215 g/mol. The van der Waals surface area contributed by atoms with Gasteiger partial charge in [0.05, 0.1) is 0 Å². The molecule has 0 amide bonds. The molecular weight excluding hydrogens is 208 g/mol. The first kappa shape index (κ1) is 10.3. The Balaban J connectivity index is 2.25. The van der Waals surface area contributed by atoms with Crippen molar-refractivity contribution in [2.24, 2.45) is 0 Å². The minimum absolute atomic E-state index is 0.330. The maximum absolute atomic E-state index is 12.8. The zero-order valence-electron chi connectivity index (χ0n) is 8.24. The SMILES string of the molecule is Fc1cccc(C#Cc2ccc(F)nc2)c1. The number of aromatic nitrogens is 1. The van der Waals surface area contributed by atoms with Gasteiger partial charge in [-0.2, -0.15) is 4.39 Å². The third kappa shape index (κ3) is 2.64. The molecule has 0 bridgehead atoms. The van der Waals surface area contributed by atoms with Gasteiger partial charge in [0, 0.05) is 17.3 Å². The lowest BCUT2D eigenvalue weighted by Gasteiger charge is -1.90. The van der Waals surface area contributed by atoms with Gasteiger partial charge in [-0.05, 0) is 30.3 Å². The largest absolute Gasteiger partial charge is 0.227 e. The lowest BCUT2D eigenvalue weighted by atomic mass is 10.2. The molecule has 0 aliphatic rings. The number of hydrogen-bond donors (Lipinski definition) is 0. The lowest BCUT2D eigenvalue weighted by Crippen LogP contribution is -1.82. The summed E-state index contributed by atoms with van der Waals surface area (Å²) >= 11 is 0. The molecule has 0 spiro atoms. The van der Waals surface area contributed by atoms with Gasteiger partial charge in [-0.3, -0.25) is 0 Å². The van der Waals surface area contributed by atoms with Crippen LogP contribution in [0.4, 0.5) is 8.78 Å². The zero-order valence-corrected chi connectivity index (χ0v) is 8.24. The second-order valence-corrected chi connectivity index (χ2v) is 3.13. The van der Waals surface area contributed by atoms with Gasteiger partial charge in [0.1, 0.15) is 5.82 Å². The summed E-state index contributed by atoms with van der Waals surface area (Å²) in [6, 6.07) is 8.73. The van der Waals surface area contributed by atoms with E-state index in [-0.39, 0.29) is 5.82 Å². The van der Waals surface area contributed by atoms with Crippen LogP contribution in [-0.2, 0) is 0 Å². The van der Waals surface area contributed by atoms with Crippen molar-refractivity contribution in [2.45, 2.75) is 0 Å². The maximum atomic E-state index is 12.8. The van der Waals surface area contributed by atoms with E-state index in [2.05, 4.69) is 16.8 Å². The summed E-state index contributed by atoms with van der Waals surface area (Å²) < 4.78 is 25.3. The van der Waals surface area contributed by atoms with Crippen molar-refractivity contribution < 1.29 is 8.78 Å². The molecule has 1 aromatic heterocycles. The van der Waals surface area contributed by atoms with Crippen LogP contribution < -0.4 is 0 Å². The van der Waals surface area contributed by atoms with Gasteiger partial charge in [0.25, 0.3) is 0 Å². The predicted octanol–water partition coefficient (Wildman–Crippen LogP) is 2.76. The molecule has 0 saturated heterocycles. The van der Waals surface area contributed by atoms with Gasteiger partial charge in [-0.1, -0.05) is 17.9 Å². The molecule has 3 heteroatoms. The lowest BCUT2D eigenvalue weighted by molar-refractivity contribution is 0.583. The van der Waals surface area contributed by atoms with E-state index < -0.39 is 5.95 Å². The minimum atomic E-state index is -0.545. The van der Waals surface area contributed by atoms with E-state index in [9.17, 15) is 8.78 Å². The van der Waals surface area contributed by atoms with E-state index in [0.717, 1.165) is 0 Å². The normalized spacial score (nSPS) is 9.38. The van der Waals surface area contributed by atoms with E-state index in [0.29, 0.717) is 11.1 Å². The zero-order chi connectivity index (χ0) is 11.4. The summed E-state index contributed by atoms with van der Waals surface area (Å²) in [5, 5.41) is 0. The Morgan fingerprint density at radius 3 is 2.44 bits per heavy atom. The number of benzene rings is 1. The fourth-order valence-corrected chi connectivity index (χ4v) is 1.16. The quantitative estimate of drug-likeness (QED) is 0.486. The Labute approximate surface area is 91.8 Å². The number of pyridine rings is 1. The van der Waals surface area contributed by atoms with Crippen molar-refractivity contribution in [3.8, 4) is 11.8 Å². The van der Waals surface area contributed by atoms with E-state index in [1.54, 1.807) is 12.1 Å². The first-order valence-corrected chi connectivity index (χ1v) is 4.63. The highest BCUT2D eigenvalue weighted by Crippen LogP contribution is 2.02. The van der Waals surface area contributed by atoms with Crippen LogP contribution in [0.3, 0.4) is 0 Å². The molecule has 78 valence electrons. The Hall–Kier alpha value is -2.21. The monoisotopic (exact) mass is 215 g/mol. The van der Waals surface area contributed by atoms with Crippen LogP contribution in [-0.4, -0.2) is 4.98 Å². The fourth-order valence-electron chi connectivity index (χ4n) is 1.16. The van der Waals surface area contributed by atoms with Gasteiger partial charge >= 0.3 is 0 Å². The topological polar surface area (TPSA) is 12.9 Å². The summed E-state index contributed by atoms with van der Waals surface area (Å²) in [7, 11) is 0. The molecule has 0 radical (unpaired) electrons. The number of nitrogens with zero attached hydrogens (tertiary/aromatic N) is 1. The van der Waals surface area contributed by atoms with Crippen molar-refractivity contribution in [1.82, 2.24) is 4.98 Å². The highest BCUT2D eigenvalue weighted by atomic mass is 19.1. The average Bonchev–Trinajstić information content (AvgIpc) is 2.28. The molecule has 0 atom stereocenters. The molecule has 0 fully saturated rings. The maximum Gasteiger partial charge on any atom is 0.212 e. The van der Waals surface area contributed by atoms with Crippen molar-refractivity contribution >= 4 is 0 Å². The third-order valence-electron chi connectivity index (χ3n) is 1.90. The summed E-state index contributed by atoms with van der Waals surface area (Å²) in [6.45, 7) is 0. The van der Waals surface area contributed by atoms with Gasteiger partial charge in [0.15, 0.2) is 0 Å². The molecule has 1 nitrogen and oxygen atoms in total. The van der Waals surface area contributed by atoms with E-state index >= 15 is 0 Å². The van der Waals surface area contributed by atoms with Gasteiger partial charge in [0.2, 0.25) is 5.95 Å². The first-order valence-electron chi connectivity index (χ1n) is 4.63. The molecule has 0 unspecified atom stereocenters. The van der Waals surface area contributed by atoms with Crippen LogP contribution in [0.2, 0.25) is 0 Å². The molecule has 1 heterocycles. The van der Waals surface area contributed by atoms with E-state index in [1.165, 1.54) is 30.5 Å². The smallest absolute Gasteiger partial charge is 0.212 e. The molecule has 0 aliphatic carbocycles. The number of halogens is 2. The van der Waals surface area contributed by atoms with Crippen molar-refractivity contribution in [3.05, 3.63) is 65.5 Å². The molecule has 2 aromatic rings. The fraction of sp³-hybridized carbons (Fsp3) is 0. The van der Waals surface area contributed by atoms with Crippen LogP contribution in [0.1, 0.15) is 11.1 Å². The van der Waals surface area contributed by atoms with Crippen molar-refractivity contribution in [1.29, 1.82) is 0 Å². The van der Waals surface area contributed by atoms with E-state index in [4.69, 9.17) is 0 Å². The Morgan fingerprint density at radius 1 is 0.938 bits per heavy atom. The van der Waals surface area contributed by atoms with Gasteiger partial charge in [-0.15, -0.1) is 0 Å².